The van der Waals surface area contributed by atoms with Gasteiger partial charge in [0, 0.05) is 39.4 Å². The highest BCUT2D eigenvalue weighted by Gasteiger charge is 2.52. The van der Waals surface area contributed by atoms with E-state index in [0.29, 0.717) is 11.4 Å². The monoisotopic (exact) mass is 771 g/mol. The van der Waals surface area contributed by atoms with Crippen LogP contribution in [0.25, 0.3) is 33.4 Å². The Bertz CT molecular complexity index is 3410. The van der Waals surface area contributed by atoms with Crippen molar-refractivity contribution in [1.29, 1.82) is 0 Å². The fraction of sp³-hybridized carbons (Fsp3) is 0.0690. The van der Waals surface area contributed by atoms with Gasteiger partial charge in [-0.05, 0) is 128 Å². The van der Waals surface area contributed by atoms with Crippen molar-refractivity contribution in [3.8, 4) is 33.4 Å². The standard InChI is InChI=1S/C58H42N2/c1-57(2)49-28-15-12-25-44(49)46-35-33-43(38-54(46)57)60(41-23-10-5-11-24-41)55-32-18-31-53-56(55)47-27-14-17-30-51(47)58(53)50-29-16-13-26-45(50)48-37-42(34-36-52(48)58)59(39-19-6-3-7-20-39)40-21-8-4-9-22-40/h3-38H,1-2H3/i3D,6D,7D,19D,20D. The van der Waals surface area contributed by atoms with Crippen molar-refractivity contribution in [3.63, 3.8) is 0 Å². The van der Waals surface area contributed by atoms with E-state index < -0.39 is 11.5 Å². The molecule has 60 heavy (non-hydrogen) atoms. The van der Waals surface area contributed by atoms with Gasteiger partial charge in [-0.15, -0.1) is 0 Å². The van der Waals surface area contributed by atoms with Crippen LogP contribution in [0.1, 0.15) is 54.1 Å². The zero-order valence-corrected chi connectivity index (χ0v) is 33.3. The number of hydrogen-bond donors (Lipinski definition) is 0. The predicted octanol–water partition coefficient (Wildman–Crippen LogP) is 15.3. The van der Waals surface area contributed by atoms with Crippen LogP contribution in [0.5, 0.6) is 0 Å². The van der Waals surface area contributed by atoms with Crippen LogP contribution in [0, 0.1) is 0 Å². The Balaban J connectivity index is 1.10. The van der Waals surface area contributed by atoms with Gasteiger partial charge in [-0.3, -0.25) is 0 Å². The van der Waals surface area contributed by atoms with Gasteiger partial charge in [-0.2, -0.15) is 0 Å². The van der Waals surface area contributed by atoms with Crippen molar-refractivity contribution in [3.05, 3.63) is 252 Å². The van der Waals surface area contributed by atoms with Gasteiger partial charge in [-0.1, -0.05) is 165 Å². The van der Waals surface area contributed by atoms with Crippen LogP contribution in [-0.4, -0.2) is 0 Å². The Labute approximate surface area is 359 Å². The summed E-state index contributed by atoms with van der Waals surface area (Å²) >= 11 is 0. The van der Waals surface area contributed by atoms with Crippen molar-refractivity contribution in [2.24, 2.45) is 0 Å². The van der Waals surface area contributed by atoms with Gasteiger partial charge in [0.15, 0.2) is 0 Å². The molecule has 1 spiro atoms. The summed E-state index contributed by atoms with van der Waals surface area (Å²) in [6.07, 6.45) is 0. The molecule has 1 unspecified atom stereocenters. The van der Waals surface area contributed by atoms with Crippen LogP contribution < -0.4 is 9.80 Å². The van der Waals surface area contributed by atoms with E-state index >= 15 is 0 Å². The van der Waals surface area contributed by atoms with Crippen LogP contribution in [0.3, 0.4) is 0 Å². The smallest absolute Gasteiger partial charge is 0.0726 e. The van der Waals surface area contributed by atoms with Gasteiger partial charge in [0.25, 0.3) is 0 Å². The highest BCUT2D eigenvalue weighted by molar-refractivity contribution is 6.02. The molecular weight excluding hydrogens is 725 g/mol. The molecule has 0 radical (unpaired) electrons. The maximum absolute atomic E-state index is 9.07. The highest BCUT2D eigenvalue weighted by atomic mass is 15.1. The summed E-state index contributed by atoms with van der Waals surface area (Å²) < 4.78 is 43.8. The van der Waals surface area contributed by atoms with Gasteiger partial charge >= 0.3 is 0 Å². The van der Waals surface area contributed by atoms with Gasteiger partial charge in [0.2, 0.25) is 0 Å². The number of nitrogens with zero attached hydrogens (tertiary/aromatic N) is 2. The molecule has 0 fully saturated rings. The Kier molecular flexibility index (Phi) is 6.47. The van der Waals surface area contributed by atoms with E-state index in [2.05, 4.69) is 170 Å². The third kappa shape index (κ3) is 4.76. The molecule has 0 N–H and O–H groups in total. The Morgan fingerprint density at radius 3 is 1.58 bits per heavy atom. The molecule has 9 aromatic rings. The first-order valence-corrected chi connectivity index (χ1v) is 20.6. The van der Waals surface area contributed by atoms with Crippen LogP contribution in [0.4, 0.5) is 34.1 Å². The van der Waals surface area contributed by atoms with E-state index in [-0.39, 0.29) is 35.3 Å². The van der Waals surface area contributed by atoms with Crippen molar-refractivity contribution < 1.29 is 6.85 Å². The predicted molar refractivity (Wildman–Crippen MR) is 250 cm³/mol. The molecule has 1 atom stereocenters. The third-order valence-electron chi connectivity index (χ3n) is 13.1. The normalized spacial score (nSPS) is 16.9. The lowest BCUT2D eigenvalue weighted by Crippen LogP contribution is -2.26. The zero-order chi connectivity index (χ0) is 44.4. The average molecular weight is 772 g/mol. The van der Waals surface area contributed by atoms with Crippen LogP contribution in [0.2, 0.25) is 0 Å². The van der Waals surface area contributed by atoms with E-state index in [9.17, 15) is 0 Å². The summed E-state index contributed by atoms with van der Waals surface area (Å²) in [5.41, 5.74) is 18.3. The van der Waals surface area contributed by atoms with Gasteiger partial charge < -0.3 is 9.80 Å². The van der Waals surface area contributed by atoms with Crippen LogP contribution in [-0.2, 0) is 10.8 Å². The molecular formula is C58H42N2. The van der Waals surface area contributed by atoms with Crippen LogP contribution in [0.15, 0.2) is 218 Å². The second kappa shape index (κ2) is 13.0. The summed E-state index contributed by atoms with van der Waals surface area (Å²) in [6.45, 7) is 4.66. The van der Waals surface area contributed by atoms with E-state index in [1.807, 2.05) is 36.4 Å². The van der Waals surface area contributed by atoms with Crippen molar-refractivity contribution in [1.82, 2.24) is 0 Å². The second-order valence-corrected chi connectivity index (χ2v) is 16.5. The first-order chi connectivity index (χ1) is 31.6. The summed E-state index contributed by atoms with van der Waals surface area (Å²) in [6, 6.07) is 64.9. The number of para-hydroxylation sites is 3. The maximum atomic E-state index is 9.07. The molecule has 2 nitrogen and oxygen atoms in total. The summed E-state index contributed by atoms with van der Waals surface area (Å²) in [7, 11) is 0. The first-order valence-electron chi connectivity index (χ1n) is 23.1. The van der Waals surface area contributed by atoms with Crippen LogP contribution >= 0.6 is 0 Å². The molecule has 3 aliphatic carbocycles. The van der Waals surface area contributed by atoms with Gasteiger partial charge in [0.1, 0.15) is 0 Å². The molecule has 12 rings (SSSR count). The zero-order valence-electron chi connectivity index (χ0n) is 38.3. The number of fused-ring (bicyclic) bond motifs is 13. The largest absolute Gasteiger partial charge is 0.310 e. The first kappa shape index (κ1) is 29.7. The molecule has 3 aliphatic rings. The molecule has 0 heterocycles. The lowest BCUT2D eigenvalue weighted by Gasteiger charge is -2.32. The molecule has 0 bridgehead atoms. The Hall–Kier alpha value is -7.42. The fourth-order valence-corrected chi connectivity index (χ4v) is 10.7. The molecule has 0 saturated heterocycles. The lowest BCUT2D eigenvalue weighted by molar-refractivity contribution is 0.660. The quantitative estimate of drug-likeness (QED) is 0.166. The minimum atomic E-state index is -0.676. The molecule has 0 amide bonds. The van der Waals surface area contributed by atoms with Crippen molar-refractivity contribution in [2.75, 3.05) is 9.80 Å². The third-order valence-corrected chi connectivity index (χ3v) is 13.1. The van der Waals surface area contributed by atoms with Crippen molar-refractivity contribution in [2.45, 2.75) is 24.7 Å². The number of rotatable bonds is 6. The Morgan fingerprint density at radius 1 is 0.350 bits per heavy atom. The minimum Gasteiger partial charge on any atom is -0.310 e. The van der Waals surface area contributed by atoms with Gasteiger partial charge in [0.05, 0.1) is 18.0 Å². The van der Waals surface area contributed by atoms with E-state index in [1.54, 1.807) is 4.90 Å². The fourth-order valence-electron chi connectivity index (χ4n) is 10.7. The maximum Gasteiger partial charge on any atom is 0.0726 e. The summed E-state index contributed by atoms with van der Waals surface area (Å²) in [5.74, 6) is 0. The molecule has 0 aliphatic heterocycles. The molecule has 0 aromatic heterocycles. The Morgan fingerprint density at radius 2 is 0.867 bits per heavy atom. The highest BCUT2D eigenvalue weighted by Crippen LogP contribution is 2.65. The van der Waals surface area contributed by atoms with Crippen molar-refractivity contribution >= 4 is 34.1 Å². The summed E-state index contributed by atoms with van der Waals surface area (Å²) in [5, 5.41) is 0. The second-order valence-electron chi connectivity index (χ2n) is 16.5. The van der Waals surface area contributed by atoms with E-state index in [4.69, 9.17) is 6.85 Å². The minimum absolute atomic E-state index is 0.101. The van der Waals surface area contributed by atoms with E-state index in [1.165, 1.54) is 50.1 Å². The lowest BCUT2D eigenvalue weighted by atomic mass is 9.70. The SMILES string of the molecule is [2H]c1c([2H])c([2H])c(N(c2ccccc2)c2ccc3c(c2)-c2ccccc2C32c3ccccc3-c3c(N(c4ccccc4)c4ccc5c(c4)C(C)(C)c4ccccc4-5)cccc32)c([2H])c1[2H]. The van der Waals surface area contributed by atoms with Gasteiger partial charge in [-0.25, -0.2) is 0 Å². The topological polar surface area (TPSA) is 6.48 Å². The number of benzene rings is 9. The number of anilines is 6. The molecule has 9 aromatic carbocycles. The number of hydrogen-bond acceptors (Lipinski definition) is 2. The average Bonchev–Trinajstić information content (AvgIpc) is 3.90. The molecule has 2 heteroatoms. The molecule has 0 saturated carbocycles. The molecule has 284 valence electrons. The summed E-state index contributed by atoms with van der Waals surface area (Å²) in [4.78, 5) is 4.23. The van der Waals surface area contributed by atoms with E-state index in [0.717, 1.165) is 33.8 Å².